The number of aromatic nitrogens is 2. The second-order valence-electron chi connectivity index (χ2n) is 5.02. The molecule has 0 aliphatic rings. The van der Waals surface area contributed by atoms with Crippen LogP contribution in [-0.2, 0) is 14.1 Å². The van der Waals surface area contributed by atoms with E-state index >= 15 is 0 Å². The van der Waals surface area contributed by atoms with Gasteiger partial charge < -0.3 is 10.6 Å². The van der Waals surface area contributed by atoms with Crippen molar-refractivity contribution in [2.45, 2.75) is 0 Å². The van der Waals surface area contributed by atoms with E-state index in [1.54, 1.807) is 24.3 Å². The molecule has 6 heteroatoms. The predicted octanol–water partition coefficient (Wildman–Crippen LogP) is -0.505. The Kier molecular flexibility index (Phi) is 5.19. The third kappa shape index (κ3) is 4.37. The monoisotopic (exact) mass is 300 g/mol. The van der Waals surface area contributed by atoms with E-state index in [4.69, 9.17) is 0 Å². The maximum Gasteiger partial charge on any atom is 0.251 e. The van der Waals surface area contributed by atoms with E-state index in [1.165, 1.54) is 0 Å². The van der Waals surface area contributed by atoms with Crippen LogP contribution in [-0.4, -0.2) is 24.9 Å². The van der Waals surface area contributed by atoms with E-state index in [0.717, 1.165) is 0 Å². The van der Waals surface area contributed by atoms with Gasteiger partial charge in [0.05, 0.1) is 11.1 Å². The van der Waals surface area contributed by atoms with Gasteiger partial charge in [-0.05, 0) is 0 Å². The third-order valence-electron chi connectivity index (χ3n) is 3.18. The second kappa shape index (κ2) is 7.31. The molecule has 0 spiro atoms. The zero-order chi connectivity index (χ0) is 15.9. The molecule has 0 saturated carbocycles. The van der Waals surface area contributed by atoms with Crippen LogP contribution in [0.25, 0.3) is 0 Å². The lowest BCUT2D eigenvalue weighted by Crippen LogP contribution is -2.35. The zero-order valence-corrected chi connectivity index (χ0v) is 12.7. The Balaban J connectivity index is 1.74. The van der Waals surface area contributed by atoms with Gasteiger partial charge in [0.2, 0.25) is 0 Å². The molecule has 6 nitrogen and oxygen atoms in total. The summed E-state index contributed by atoms with van der Waals surface area (Å²) in [7, 11) is 3.78. The smallest absolute Gasteiger partial charge is 0.251 e. The summed E-state index contributed by atoms with van der Waals surface area (Å²) in [6.45, 7) is 0.762. The highest BCUT2D eigenvalue weighted by Gasteiger charge is 2.08. The van der Waals surface area contributed by atoms with Crippen LogP contribution >= 0.6 is 0 Å². The van der Waals surface area contributed by atoms with Gasteiger partial charge in [0.25, 0.3) is 11.8 Å². The Bertz CT molecular complexity index is 591. The Morgan fingerprint density at radius 1 is 0.773 bits per heavy atom. The first kappa shape index (κ1) is 15.6. The first-order chi connectivity index (χ1) is 10.6. The fraction of sp³-hybridized carbons (Fsp3) is 0.250. The van der Waals surface area contributed by atoms with Crippen LogP contribution in [0.5, 0.6) is 0 Å². The lowest BCUT2D eigenvalue weighted by atomic mass is 10.2. The molecule has 0 radical (unpaired) electrons. The van der Waals surface area contributed by atoms with E-state index < -0.39 is 0 Å². The molecule has 2 heterocycles. The molecule has 0 aromatic carbocycles. The molecule has 2 aromatic rings. The molecule has 0 fully saturated rings. The number of hydrogen-bond donors (Lipinski definition) is 2. The van der Waals surface area contributed by atoms with Crippen molar-refractivity contribution in [3.8, 4) is 0 Å². The first-order valence-corrected chi connectivity index (χ1v) is 7.03. The van der Waals surface area contributed by atoms with E-state index in [2.05, 4.69) is 10.6 Å². The Morgan fingerprint density at radius 3 is 1.41 bits per heavy atom. The zero-order valence-electron chi connectivity index (χ0n) is 12.7. The number of hydrogen-bond acceptors (Lipinski definition) is 2. The largest absolute Gasteiger partial charge is 0.350 e. The minimum Gasteiger partial charge on any atom is -0.350 e. The van der Waals surface area contributed by atoms with Crippen molar-refractivity contribution in [1.29, 1.82) is 0 Å². The summed E-state index contributed by atoms with van der Waals surface area (Å²) in [5.74, 6) is -0.303. The molecular formula is C16H20N4O2+2. The molecule has 0 bridgehead atoms. The van der Waals surface area contributed by atoms with Crippen molar-refractivity contribution < 1.29 is 18.7 Å². The Morgan fingerprint density at radius 2 is 1.09 bits per heavy atom. The van der Waals surface area contributed by atoms with Gasteiger partial charge in [-0.1, -0.05) is 0 Å². The molecule has 0 aliphatic carbocycles. The number of pyridine rings is 2. The quantitative estimate of drug-likeness (QED) is 0.577. The highest BCUT2D eigenvalue weighted by molar-refractivity contribution is 5.94. The normalized spacial score (nSPS) is 10.1. The molecule has 0 unspecified atom stereocenters. The molecule has 22 heavy (non-hydrogen) atoms. The van der Waals surface area contributed by atoms with Gasteiger partial charge in [0, 0.05) is 37.4 Å². The molecule has 0 aliphatic heterocycles. The van der Waals surface area contributed by atoms with Gasteiger partial charge in [-0.15, -0.1) is 0 Å². The molecule has 2 N–H and O–H groups in total. The summed E-state index contributed by atoms with van der Waals surface area (Å²) in [6, 6.07) is 6.99. The minimum absolute atomic E-state index is 0.151. The summed E-state index contributed by atoms with van der Waals surface area (Å²) < 4.78 is 3.72. The van der Waals surface area contributed by atoms with Crippen LogP contribution in [0.2, 0.25) is 0 Å². The van der Waals surface area contributed by atoms with E-state index in [0.29, 0.717) is 24.2 Å². The number of carbonyl (C=O) groups is 2. The number of rotatable bonds is 5. The van der Waals surface area contributed by atoms with Crippen LogP contribution in [0.3, 0.4) is 0 Å². The van der Waals surface area contributed by atoms with Crippen molar-refractivity contribution in [3.63, 3.8) is 0 Å². The van der Waals surface area contributed by atoms with Crippen molar-refractivity contribution in [2.75, 3.05) is 13.1 Å². The summed E-state index contributed by atoms with van der Waals surface area (Å²) in [5, 5.41) is 5.53. The number of aryl methyl sites for hydroxylation is 2. The van der Waals surface area contributed by atoms with E-state index in [9.17, 15) is 9.59 Å². The first-order valence-electron chi connectivity index (χ1n) is 7.03. The molecule has 0 saturated heterocycles. The van der Waals surface area contributed by atoms with E-state index in [-0.39, 0.29) is 11.8 Å². The molecule has 2 amide bonds. The van der Waals surface area contributed by atoms with Crippen LogP contribution in [0.4, 0.5) is 0 Å². The summed E-state index contributed by atoms with van der Waals surface area (Å²) in [6.07, 6.45) is 7.25. The standard InChI is InChI=1S/C16H18N4O2/c1-19-9-3-13(4-10-19)15(21)17-7-8-18-16(22)14-5-11-20(2)12-6-14/h3-6,9-12H,7-8H2,1-2H3/p+2. The van der Waals surface area contributed by atoms with Crippen LogP contribution in [0, 0.1) is 0 Å². The van der Waals surface area contributed by atoms with Gasteiger partial charge in [-0.25, -0.2) is 9.13 Å². The number of nitrogens with zero attached hydrogens (tertiary/aromatic N) is 2. The van der Waals surface area contributed by atoms with Crippen molar-refractivity contribution in [1.82, 2.24) is 10.6 Å². The van der Waals surface area contributed by atoms with Crippen molar-refractivity contribution in [3.05, 3.63) is 60.2 Å². The SMILES string of the molecule is C[n+]1ccc(C(=O)NCCNC(=O)c2cc[n+](C)cc2)cc1. The fourth-order valence-corrected chi connectivity index (χ4v) is 1.86. The molecule has 2 rings (SSSR count). The average molecular weight is 300 g/mol. The predicted molar refractivity (Wildman–Crippen MR) is 79.9 cm³/mol. The van der Waals surface area contributed by atoms with Crippen LogP contribution in [0.1, 0.15) is 20.7 Å². The van der Waals surface area contributed by atoms with Gasteiger partial charge in [-0.2, -0.15) is 0 Å². The number of carbonyl (C=O) groups excluding carboxylic acids is 2. The lowest BCUT2D eigenvalue weighted by molar-refractivity contribution is -0.671. The fourth-order valence-electron chi connectivity index (χ4n) is 1.86. The highest BCUT2D eigenvalue weighted by Crippen LogP contribution is 1.95. The van der Waals surface area contributed by atoms with E-state index in [1.807, 2.05) is 48.0 Å². The summed E-state index contributed by atoms with van der Waals surface area (Å²) in [4.78, 5) is 23.7. The van der Waals surface area contributed by atoms with Crippen LogP contribution < -0.4 is 19.8 Å². The second-order valence-corrected chi connectivity index (χ2v) is 5.02. The van der Waals surface area contributed by atoms with Crippen LogP contribution in [0.15, 0.2) is 49.1 Å². The number of nitrogens with one attached hydrogen (secondary N) is 2. The highest BCUT2D eigenvalue weighted by atomic mass is 16.2. The lowest BCUT2D eigenvalue weighted by Gasteiger charge is -2.06. The maximum absolute atomic E-state index is 11.9. The molecular weight excluding hydrogens is 280 g/mol. The molecule has 0 atom stereocenters. The Hall–Kier alpha value is -2.76. The van der Waals surface area contributed by atoms with Gasteiger partial charge in [0.15, 0.2) is 24.8 Å². The third-order valence-corrected chi connectivity index (χ3v) is 3.18. The van der Waals surface area contributed by atoms with Gasteiger partial charge in [0.1, 0.15) is 14.1 Å². The van der Waals surface area contributed by atoms with Gasteiger partial charge in [-0.3, -0.25) is 9.59 Å². The molecule has 114 valence electrons. The minimum atomic E-state index is -0.151. The topological polar surface area (TPSA) is 66.0 Å². The average Bonchev–Trinajstić information content (AvgIpc) is 2.52. The molecule has 2 aromatic heterocycles. The Labute approximate surface area is 129 Å². The maximum atomic E-state index is 11.9. The summed E-state index contributed by atoms with van der Waals surface area (Å²) in [5.41, 5.74) is 1.19. The summed E-state index contributed by atoms with van der Waals surface area (Å²) >= 11 is 0. The van der Waals surface area contributed by atoms with Crippen molar-refractivity contribution in [2.24, 2.45) is 14.1 Å². The van der Waals surface area contributed by atoms with Gasteiger partial charge >= 0.3 is 0 Å². The number of amides is 2. The van der Waals surface area contributed by atoms with Crippen molar-refractivity contribution >= 4 is 11.8 Å².